The van der Waals surface area contributed by atoms with Crippen molar-refractivity contribution >= 4 is 11.8 Å². The second-order valence-corrected chi connectivity index (χ2v) is 6.03. The molecule has 102 valence electrons. The van der Waals surface area contributed by atoms with E-state index in [9.17, 15) is 0 Å². The number of aliphatic hydroxyl groups is 1. The van der Waals surface area contributed by atoms with E-state index < -0.39 is 0 Å². The molecule has 1 aliphatic carbocycles. The lowest BCUT2D eigenvalue weighted by molar-refractivity contribution is 0.259. The molecule has 0 bridgehead atoms. The van der Waals surface area contributed by atoms with E-state index in [4.69, 9.17) is 15.4 Å². The molecule has 1 saturated carbocycles. The van der Waals surface area contributed by atoms with Crippen molar-refractivity contribution in [3.63, 3.8) is 0 Å². The van der Waals surface area contributed by atoms with Gasteiger partial charge in [0, 0.05) is 11.9 Å². The summed E-state index contributed by atoms with van der Waals surface area (Å²) < 4.78 is 5.11. The lowest BCUT2D eigenvalue weighted by Crippen LogP contribution is -2.12. The van der Waals surface area contributed by atoms with Crippen LogP contribution in [-0.2, 0) is 5.75 Å². The number of rotatable bonds is 6. The quantitative estimate of drug-likeness (QED) is 0.823. The number of aliphatic hydroxyl groups excluding tert-OH is 1. The van der Waals surface area contributed by atoms with Gasteiger partial charge in [0.2, 0.25) is 5.89 Å². The highest BCUT2D eigenvalue weighted by Crippen LogP contribution is 2.30. The van der Waals surface area contributed by atoms with Crippen molar-refractivity contribution in [3.8, 4) is 0 Å². The van der Waals surface area contributed by atoms with Crippen LogP contribution in [0.3, 0.4) is 0 Å². The van der Waals surface area contributed by atoms with Crippen molar-refractivity contribution in [1.82, 2.24) is 10.1 Å². The second-order valence-electron chi connectivity index (χ2n) is 4.74. The summed E-state index contributed by atoms with van der Waals surface area (Å²) in [6.07, 6.45) is 7.13. The number of nitrogens with two attached hydrogens (primary N) is 1. The zero-order chi connectivity index (χ0) is 12.8. The topological polar surface area (TPSA) is 85.2 Å². The average Bonchev–Trinajstić information content (AvgIpc) is 2.87. The first-order chi connectivity index (χ1) is 8.79. The van der Waals surface area contributed by atoms with Crippen LogP contribution in [0.25, 0.3) is 0 Å². The minimum absolute atomic E-state index is 0.0374. The second kappa shape index (κ2) is 7.11. The number of nitrogens with zero attached hydrogens (tertiary/aromatic N) is 2. The zero-order valence-corrected chi connectivity index (χ0v) is 11.4. The fraction of sp³-hybridized carbons (Fsp3) is 0.833. The third-order valence-corrected chi connectivity index (χ3v) is 4.61. The number of hydrogen-bond donors (Lipinski definition) is 2. The van der Waals surface area contributed by atoms with Crippen LogP contribution in [0.5, 0.6) is 0 Å². The highest BCUT2D eigenvalue weighted by molar-refractivity contribution is 7.99. The molecule has 1 atom stereocenters. The van der Waals surface area contributed by atoms with E-state index in [2.05, 4.69) is 10.1 Å². The summed E-state index contributed by atoms with van der Waals surface area (Å²) in [7, 11) is 0. The van der Waals surface area contributed by atoms with Crippen LogP contribution >= 0.6 is 11.8 Å². The van der Waals surface area contributed by atoms with Gasteiger partial charge in [-0.3, -0.25) is 0 Å². The summed E-state index contributed by atoms with van der Waals surface area (Å²) in [6, 6.07) is -0.351. The van der Waals surface area contributed by atoms with Crippen molar-refractivity contribution < 1.29 is 9.63 Å². The molecule has 1 aromatic heterocycles. The van der Waals surface area contributed by atoms with Crippen molar-refractivity contribution in [2.75, 3.05) is 6.61 Å². The Kier molecular flexibility index (Phi) is 5.46. The van der Waals surface area contributed by atoms with Gasteiger partial charge in [-0.25, -0.2) is 0 Å². The van der Waals surface area contributed by atoms with E-state index >= 15 is 0 Å². The molecule has 1 aliphatic rings. The van der Waals surface area contributed by atoms with E-state index in [1.54, 1.807) is 0 Å². The van der Waals surface area contributed by atoms with E-state index in [-0.39, 0.29) is 12.6 Å². The Morgan fingerprint density at radius 1 is 1.39 bits per heavy atom. The monoisotopic (exact) mass is 271 g/mol. The molecule has 0 radical (unpaired) electrons. The molecule has 0 aromatic carbocycles. The standard InChI is InChI=1S/C12H21N3O2S/c13-10(6-7-16)12-14-11(15-17-12)8-18-9-4-2-1-3-5-9/h9-10,16H,1-8,13H2. The number of hydrogen-bond acceptors (Lipinski definition) is 6. The smallest absolute Gasteiger partial charge is 0.243 e. The first-order valence-corrected chi connectivity index (χ1v) is 7.65. The van der Waals surface area contributed by atoms with Gasteiger partial charge in [-0.1, -0.05) is 24.4 Å². The van der Waals surface area contributed by atoms with Gasteiger partial charge >= 0.3 is 0 Å². The molecular weight excluding hydrogens is 250 g/mol. The molecule has 0 amide bonds. The van der Waals surface area contributed by atoms with Gasteiger partial charge < -0.3 is 15.4 Å². The van der Waals surface area contributed by atoms with Crippen molar-refractivity contribution in [2.24, 2.45) is 5.73 Å². The van der Waals surface area contributed by atoms with Crippen molar-refractivity contribution in [3.05, 3.63) is 11.7 Å². The summed E-state index contributed by atoms with van der Waals surface area (Å²) >= 11 is 1.91. The molecular formula is C12H21N3O2S. The molecule has 1 aromatic rings. The van der Waals surface area contributed by atoms with Gasteiger partial charge in [-0.15, -0.1) is 0 Å². The van der Waals surface area contributed by atoms with Gasteiger partial charge in [0.15, 0.2) is 5.82 Å². The highest BCUT2D eigenvalue weighted by atomic mass is 32.2. The maximum absolute atomic E-state index is 8.80. The predicted octanol–water partition coefficient (Wildman–Crippen LogP) is 2.02. The summed E-state index contributed by atoms with van der Waals surface area (Å²) in [6.45, 7) is 0.0374. The predicted molar refractivity (Wildman–Crippen MR) is 71.1 cm³/mol. The van der Waals surface area contributed by atoms with Gasteiger partial charge in [0.1, 0.15) is 0 Å². The van der Waals surface area contributed by atoms with Gasteiger partial charge in [-0.05, 0) is 19.3 Å². The Morgan fingerprint density at radius 2 is 2.17 bits per heavy atom. The van der Waals surface area contributed by atoms with E-state index in [1.165, 1.54) is 32.1 Å². The fourth-order valence-corrected chi connectivity index (χ4v) is 3.33. The van der Waals surface area contributed by atoms with E-state index in [1.807, 2.05) is 11.8 Å². The Labute approximate surface area is 112 Å². The third-order valence-electron chi connectivity index (χ3n) is 3.24. The molecule has 3 N–H and O–H groups in total. The molecule has 1 unspecified atom stereocenters. The summed E-state index contributed by atoms with van der Waals surface area (Å²) in [5, 5.41) is 13.5. The first-order valence-electron chi connectivity index (χ1n) is 6.60. The fourth-order valence-electron chi connectivity index (χ4n) is 2.16. The summed E-state index contributed by atoms with van der Waals surface area (Å²) in [4.78, 5) is 4.28. The normalized spacial score (nSPS) is 19.0. The lowest BCUT2D eigenvalue weighted by atomic mass is 10.0. The number of thioether (sulfide) groups is 1. The molecule has 0 spiro atoms. The molecule has 18 heavy (non-hydrogen) atoms. The van der Waals surface area contributed by atoms with Gasteiger partial charge in [-0.2, -0.15) is 16.7 Å². The largest absolute Gasteiger partial charge is 0.396 e. The van der Waals surface area contributed by atoms with Crippen LogP contribution < -0.4 is 5.73 Å². The zero-order valence-electron chi connectivity index (χ0n) is 10.5. The Morgan fingerprint density at radius 3 is 2.89 bits per heavy atom. The van der Waals surface area contributed by atoms with Gasteiger partial charge in [0.05, 0.1) is 11.8 Å². The highest BCUT2D eigenvalue weighted by Gasteiger charge is 2.17. The Hall–Kier alpha value is -0.590. The van der Waals surface area contributed by atoms with Crippen LogP contribution in [-0.4, -0.2) is 27.1 Å². The molecule has 0 saturated heterocycles. The summed E-state index contributed by atoms with van der Waals surface area (Å²) in [5.41, 5.74) is 5.79. The van der Waals surface area contributed by atoms with Crippen LogP contribution in [0.2, 0.25) is 0 Å². The van der Waals surface area contributed by atoms with E-state index in [0.29, 0.717) is 18.1 Å². The maximum atomic E-state index is 8.80. The van der Waals surface area contributed by atoms with Gasteiger partial charge in [0.25, 0.3) is 0 Å². The van der Waals surface area contributed by atoms with Crippen LogP contribution in [0, 0.1) is 0 Å². The number of aromatic nitrogens is 2. The molecule has 5 nitrogen and oxygen atoms in total. The molecule has 1 fully saturated rings. The van der Waals surface area contributed by atoms with Crippen LogP contribution in [0.1, 0.15) is 56.3 Å². The minimum atomic E-state index is -0.351. The van der Waals surface area contributed by atoms with Crippen molar-refractivity contribution in [2.45, 2.75) is 55.6 Å². The Balaban J connectivity index is 1.79. The molecule has 6 heteroatoms. The molecule has 2 rings (SSSR count). The average molecular weight is 271 g/mol. The van der Waals surface area contributed by atoms with Crippen molar-refractivity contribution in [1.29, 1.82) is 0 Å². The molecule has 0 aliphatic heterocycles. The lowest BCUT2D eigenvalue weighted by Gasteiger charge is -2.19. The molecule has 1 heterocycles. The maximum Gasteiger partial charge on any atom is 0.243 e. The van der Waals surface area contributed by atoms with Crippen LogP contribution in [0.15, 0.2) is 4.52 Å². The summed E-state index contributed by atoms with van der Waals surface area (Å²) in [5.74, 6) is 1.94. The SMILES string of the molecule is NC(CCO)c1nc(CSC2CCCCC2)no1. The van der Waals surface area contributed by atoms with E-state index in [0.717, 1.165) is 11.0 Å². The Bertz CT molecular complexity index is 353. The van der Waals surface area contributed by atoms with Crippen LogP contribution in [0.4, 0.5) is 0 Å². The minimum Gasteiger partial charge on any atom is -0.396 e. The third kappa shape index (κ3) is 3.96. The first kappa shape index (κ1) is 13.8.